The lowest BCUT2D eigenvalue weighted by atomic mass is 10.1. The number of anilines is 2. The average molecular weight is 492 g/mol. The zero-order chi connectivity index (χ0) is 24.8. The van der Waals surface area contributed by atoms with Gasteiger partial charge in [0.1, 0.15) is 17.6 Å². The van der Waals surface area contributed by atoms with Gasteiger partial charge in [-0.2, -0.15) is 0 Å². The van der Waals surface area contributed by atoms with Gasteiger partial charge in [0.25, 0.3) is 5.91 Å². The molecule has 0 aliphatic carbocycles. The van der Waals surface area contributed by atoms with Crippen LogP contribution in [0, 0.1) is 5.82 Å². The van der Waals surface area contributed by atoms with Gasteiger partial charge >= 0.3 is 0 Å². The second kappa shape index (κ2) is 11.1. The van der Waals surface area contributed by atoms with E-state index < -0.39 is 6.04 Å². The zero-order valence-electron chi connectivity index (χ0n) is 19.3. The fraction of sp³-hybridized carbons (Fsp3) is 0.222. The Bertz CT molecular complexity index is 1200. The predicted octanol–water partition coefficient (Wildman–Crippen LogP) is 4.80. The summed E-state index contributed by atoms with van der Waals surface area (Å²) < 4.78 is 18.8. The standard InChI is InChI=1S/C27H26FN3O3S/c1-2-34-23-10-6-7-21(17-23)29-25(32)18-24-26(33)31(22-8-4-3-5-9-22)27(35)30(24)16-15-19-11-13-20(28)14-12-19/h3-14,17,24H,2,15-16,18H2,1H3,(H,29,32). The molecule has 1 atom stereocenters. The maximum absolute atomic E-state index is 13.5. The first-order chi connectivity index (χ1) is 17.0. The largest absolute Gasteiger partial charge is 0.494 e. The Morgan fingerprint density at radius 1 is 1.06 bits per heavy atom. The first kappa shape index (κ1) is 24.3. The number of ether oxygens (including phenoxy) is 1. The normalized spacial score (nSPS) is 15.4. The minimum absolute atomic E-state index is 0.0649. The summed E-state index contributed by atoms with van der Waals surface area (Å²) in [7, 11) is 0. The van der Waals surface area contributed by atoms with E-state index in [2.05, 4.69) is 5.32 Å². The van der Waals surface area contributed by atoms with E-state index in [9.17, 15) is 14.0 Å². The van der Waals surface area contributed by atoms with Gasteiger partial charge in [-0.05, 0) is 67.5 Å². The van der Waals surface area contributed by atoms with Crippen LogP contribution in [-0.2, 0) is 16.0 Å². The molecular weight excluding hydrogens is 465 g/mol. The second-order valence-electron chi connectivity index (χ2n) is 8.09. The van der Waals surface area contributed by atoms with Crippen LogP contribution in [0.3, 0.4) is 0 Å². The molecule has 2 amide bonds. The van der Waals surface area contributed by atoms with E-state index in [1.165, 1.54) is 17.0 Å². The van der Waals surface area contributed by atoms with Crippen molar-refractivity contribution in [2.24, 2.45) is 0 Å². The van der Waals surface area contributed by atoms with Crippen molar-refractivity contribution in [3.8, 4) is 5.75 Å². The number of para-hydroxylation sites is 1. The number of rotatable bonds is 9. The Kier molecular flexibility index (Phi) is 7.72. The fourth-order valence-corrected chi connectivity index (χ4v) is 4.43. The summed E-state index contributed by atoms with van der Waals surface area (Å²) in [6, 6.07) is 21.7. The molecule has 0 bridgehead atoms. The van der Waals surface area contributed by atoms with E-state index in [-0.39, 0.29) is 24.1 Å². The summed E-state index contributed by atoms with van der Waals surface area (Å²) in [6.07, 6.45) is 0.482. The number of carbonyl (C=O) groups is 2. The molecule has 8 heteroatoms. The van der Waals surface area contributed by atoms with E-state index in [4.69, 9.17) is 17.0 Å². The zero-order valence-corrected chi connectivity index (χ0v) is 20.1. The van der Waals surface area contributed by atoms with E-state index >= 15 is 0 Å². The highest BCUT2D eigenvalue weighted by Gasteiger charge is 2.43. The number of benzene rings is 3. The summed E-state index contributed by atoms with van der Waals surface area (Å²) in [5.41, 5.74) is 2.16. The molecule has 0 radical (unpaired) electrons. The summed E-state index contributed by atoms with van der Waals surface area (Å²) in [6.45, 7) is 2.82. The molecule has 1 aliphatic rings. The van der Waals surface area contributed by atoms with Gasteiger partial charge in [-0.25, -0.2) is 4.39 Å². The van der Waals surface area contributed by atoms with Crippen LogP contribution in [0.5, 0.6) is 5.75 Å². The Balaban J connectivity index is 1.52. The highest BCUT2D eigenvalue weighted by atomic mass is 32.1. The van der Waals surface area contributed by atoms with Crippen molar-refractivity contribution in [3.05, 3.63) is 90.2 Å². The first-order valence-corrected chi connectivity index (χ1v) is 11.8. The Hall–Kier alpha value is -3.78. The first-order valence-electron chi connectivity index (χ1n) is 11.4. The quantitative estimate of drug-likeness (QED) is 0.436. The monoisotopic (exact) mass is 491 g/mol. The third-order valence-corrected chi connectivity index (χ3v) is 6.11. The van der Waals surface area contributed by atoms with Gasteiger partial charge in [-0.1, -0.05) is 36.4 Å². The van der Waals surface area contributed by atoms with E-state index in [0.717, 1.165) is 5.56 Å². The lowest BCUT2D eigenvalue weighted by Gasteiger charge is -2.24. The van der Waals surface area contributed by atoms with Gasteiger partial charge in [0.15, 0.2) is 5.11 Å². The van der Waals surface area contributed by atoms with E-state index in [0.29, 0.717) is 41.8 Å². The maximum atomic E-state index is 13.5. The second-order valence-corrected chi connectivity index (χ2v) is 8.46. The number of halogens is 1. The van der Waals surface area contributed by atoms with Gasteiger partial charge in [-0.15, -0.1) is 0 Å². The molecule has 0 spiro atoms. The van der Waals surface area contributed by atoms with Gasteiger partial charge < -0.3 is 15.0 Å². The van der Waals surface area contributed by atoms with Crippen LogP contribution in [0.15, 0.2) is 78.9 Å². The van der Waals surface area contributed by atoms with Crippen molar-refractivity contribution in [2.75, 3.05) is 23.4 Å². The molecule has 35 heavy (non-hydrogen) atoms. The maximum Gasteiger partial charge on any atom is 0.256 e. The smallest absolute Gasteiger partial charge is 0.256 e. The fourth-order valence-electron chi connectivity index (χ4n) is 4.02. The molecule has 1 N–H and O–H groups in total. The molecule has 1 aliphatic heterocycles. The SMILES string of the molecule is CCOc1cccc(NC(=O)CC2C(=O)N(c3ccccc3)C(=S)N2CCc2ccc(F)cc2)c1. The Morgan fingerprint density at radius 3 is 2.51 bits per heavy atom. The van der Waals surface area contributed by atoms with Crippen molar-refractivity contribution >= 4 is 40.5 Å². The van der Waals surface area contributed by atoms with Crippen LogP contribution in [0.4, 0.5) is 15.8 Å². The topological polar surface area (TPSA) is 61.9 Å². The highest BCUT2D eigenvalue weighted by molar-refractivity contribution is 7.80. The van der Waals surface area contributed by atoms with Crippen molar-refractivity contribution < 1.29 is 18.7 Å². The van der Waals surface area contributed by atoms with Crippen molar-refractivity contribution in [3.63, 3.8) is 0 Å². The number of nitrogens with zero attached hydrogens (tertiary/aromatic N) is 2. The summed E-state index contributed by atoms with van der Waals surface area (Å²) >= 11 is 5.69. The average Bonchev–Trinajstić information content (AvgIpc) is 3.08. The molecule has 0 aromatic heterocycles. The van der Waals surface area contributed by atoms with Crippen molar-refractivity contribution in [1.82, 2.24) is 4.90 Å². The molecule has 0 saturated carbocycles. The number of carbonyl (C=O) groups excluding carboxylic acids is 2. The number of hydrogen-bond donors (Lipinski definition) is 1. The van der Waals surface area contributed by atoms with Crippen LogP contribution < -0.4 is 15.0 Å². The molecule has 1 fully saturated rings. The highest BCUT2D eigenvalue weighted by Crippen LogP contribution is 2.28. The van der Waals surface area contributed by atoms with Gasteiger partial charge in [-0.3, -0.25) is 14.5 Å². The van der Waals surface area contributed by atoms with Crippen LogP contribution in [0.1, 0.15) is 18.9 Å². The predicted molar refractivity (Wildman–Crippen MR) is 138 cm³/mol. The molecule has 3 aromatic rings. The lowest BCUT2D eigenvalue weighted by molar-refractivity contribution is -0.124. The van der Waals surface area contributed by atoms with Crippen LogP contribution in [-0.4, -0.2) is 41.0 Å². The molecule has 6 nitrogen and oxygen atoms in total. The molecule has 180 valence electrons. The third-order valence-electron chi connectivity index (χ3n) is 5.70. The van der Waals surface area contributed by atoms with Crippen LogP contribution in [0.25, 0.3) is 0 Å². The molecule has 3 aromatic carbocycles. The molecule has 1 unspecified atom stereocenters. The Morgan fingerprint density at radius 2 is 1.80 bits per heavy atom. The Labute approximate surface area is 209 Å². The molecule has 1 heterocycles. The summed E-state index contributed by atoms with van der Waals surface area (Å²) in [5.74, 6) is -0.210. The van der Waals surface area contributed by atoms with Gasteiger partial charge in [0.05, 0.1) is 18.7 Å². The van der Waals surface area contributed by atoms with Crippen molar-refractivity contribution in [2.45, 2.75) is 25.8 Å². The van der Waals surface area contributed by atoms with Crippen molar-refractivity contribution in [1.29, 1.82) is 0 Å². The molecule has 4 rings (SSSR count). The van der Waals surface area contributed by atoms with Gasteiger partial charge in [0, 0.05) is 18.3 Å². The van der Waals surface area contributed by atoms with Crippen LogP contribution >= 0.6 is 12.2 Å². The summed E-state index contributed by atoms with van der Waals surface area (Å²) in [5, 5.41) is 3.20. The lowest BCUT2D eigenvalue weighted by Crippen LogP contribution is -2.39. The third kappa shape index (κ3) is 5.84. The van der Waals surface area contributed by atoms with Crippen LogP contribution in [0.2, 0.25) is 0 Å². The number of nitrogens with one attached hydrogen (secondary N) is 1. The van der Waals surface area contributed by atoms with E-state index in [1.807, 2.05) is 43.3 Å². The van der Waals surface area contributed by atoms with Gasteiger partial charge in [0.2, 0.25) is 5.91 Å². The molecule has 1 saturated heterocycles. The number of hydrogen-bond acceptors (Lipinski definition) is 4. The number of amides is 2. The number of thiocarbonyl (C=S) groups is 1. The van der Waals surface area contributed by atoms with E-state index in [1.54, 1.807) is 35.2 Å². The summed E-state index contributed by atoms with van der Waals surface area (Å²) in [4.78, 5) is 29.7. The molecular formula is C27H26FN3O3S. The minimum Gasteiger partial charge on any atom is -0.494 e. The minimum atomic E-state index is -0.752.